The van der Waals surface area contributed by atoms with Gasteiger partial charge >= 0.3 is 6.03 Å². The highest BCUT2D eigenvalue weighted by molar-refractivity contribution is 9.10. The van der Waals surface area contributed by atoms with Gasteiger partial charge in [0, 0.05) is 23.8 Å². The molecular weight excluding hydrogens is 307 g/mol. The van der Waals surface area contributed by atoms with E-state index < -0.39 is 0 Å². The average Bonchev–Trinajstić information content (AvgIpc) is 2.26. The van der Waals surface area contributed by atoms with Gasteiger partial charge in [0.25, 0.3) is 0 Å². The summed E-state index contributed by atoms with van der Waals surface area (Å²) in [6.45, 7) is 2.84. The average molecular weight is 322 g/mol. The standard InChI is InChI=1S/C11H14BrClN2O2/c1-7-5-8(12)9(13)6-10(7)15-11(16)14-3-4-17-2/h5-6H,3-4H2,1-2H3,(H2,14,15,16). The molecule has 0 atom stereocenters. The third-order valence-corrected chi connectivity index (χ3v) is 3.30. The Kier molecular flexibility index (Phi) is 5.74. The lowest BCUT2D eigenvalue weighted by atomic mass is 10.2. The van der Waals surface area contributed by atoms with Gasteiger partial charge in [0.2, 0.25) is 0 Å². The molecule has 6 heteroatoms. The van der Waals surface area contributed by atoms with Crippen LogP contribution in [0.1, 0.15) is 5.56 Å². The molecular formula is C11H14BrClN2O2. The number of urea groups is 1. The Balaban J connectivity index is 2.62. The Labute approximate surface area is 114 Å². The molecule has 0 saturated heterocycles. The van der Waals surface area contributed by atoms with Gasteiger partial charge in [-0.05, 0) is 40.5 Å². The van der Waals surface area contributed by atoms with E-state index in [-0.39, 0.29) is 6.03 Å². The van der Waals surface area contributed by atoms with Gasteiger partial charge in [-0.25, -0.2) is 4.79 Å². The minimum Gasteiger partial charge on any atom is -0.383 e. The van der Waals surface area contributed by atoms with Crippen molar-refractivity contribution in [1.29, 1.82) is 0 Å². The van der Waals surface area contributed by atoms with Gasteiger partial charge in [0.15, 0.2) is 0 Å². The second kappa shape index (κ2) is 6.83. The molecule has 1 aromatic rings. The van der Waals surface area contributed by atoms with Crippen LogP contribution < -0.4 is 10.6 Å². The zero-order valence-corrected chi connectivity index (χ0v) is 12.0. The minimum absolute atomic E-state index is 0.275. The van der Waals surface area contributed by atoms with Crippen molar-refractivity contribution in [1.82, 2.24) is 5.32 Å². The number of rotatable bonds is 4. The summed E-state index contributed by atoms with van der Waals surface area (Å²) in [7, 11) is 1.58. The summed E-state index contributed by atoms with van der Waals surface area (Å²) in [6.07, 6.45) is 0. The molecule has 0 unspecified atom stereocenters. The largest absolute Gasteiger partial charge is 0.383 e. The molecule has 0 heterocycles. The van der Waals surface area contributed by atoms with Gasteiger partial charge in [-0.1, -0.05) is 11.6 Å². The molecule has 1 aromatic carbocycles. The Morgan fingerprint density at radius 3 is 2.88 bits per heavy atom. The SMILES string of the molecule is COCCNC(=O)Nc1cc(Cl)c(Br)cc1C. The number of ether oxygens (including phenoxy) is 1. The molecule has 0 radical (unpaired) electrons. The maximum atomic E-state index is 11.5. The van der Waals surface area contributed by atoms with E-state index in [1.807, 2.05) is 13.0 Å². The summed E-state index contributed by atoms with van der Waals surface area (Å²) >= 11 is 9.28. The van der Waals surface area contributed by atoms with Crippen molar-refractivity contribution in [2.45, 2.75) is 6.92 Å². The van der Waals surface area contributed by atoms with Crippen LogP contribution in [-0.2, 0) is 4.74 Å². The van der Waals surface area contributed by atoms with Crippen molar-refractivity contribution in [3.05, 3.63) is 27.2 Å². The van der Waals surface area contributed by atoms with E-state index in [2.05, 4.69) is 26.6 Å². The van der Waals surface area contributed by atoms with Crippen molar-refractivity contribution in [3.8, 4) is 0 Å². The molecule has 2 amide bonds. The molecule has 17 heavy (non-hydrogen) atoms. The molecule has 0 aliphatic carbocycles. The van der Waals surface area contributed by atoms with Crippen LogP contribution in [0.5, 0.6) is 0 Å². The highest BCUT2D eigenvalue weighted by Crippen LogP contribution is 2.28. The lowest BCUT2D eigenvalue weighted by Crippen LogP contribution is -2.31. The molecule has 4 nitrogen and oxygen atoms in total. The molecule has 0 aromatic heterocycles. The predicted molar refractivity (Wildman–Crippen MR) is 72.8 cm³/mol. The third kappa shape index (κ3) is 4.53. The number of nitrogens with one attached hydrogen (secondary N) is 2. The van der Waals surface area contributed by atoms with E-state index in [0.29, 0.717) is 23.9 Å². The molecule has 0 fully saturated rings. The lowest BCUT2D eigenvalue weighted by molar-refractivity contribution is 0.198. The topological polar surface area (TPSA) is 50.4 Å². The fraction of sp³-hybridized carbons (Fsp3) is 0.364. The summed E-state index contributed by atoms with van der Waals surface area (Å²) in [6, 6.07) is 3.28. The van der Waals surface area contributed by atoms with E-state index in [4.69, 9.17) is 16.3 Å². The Morgan fingerprint density at radius 2 is 2.24 bits per heavy atom. The van der Waals surface area contributed by atoms with Gasteiger partial charge in [-0.2, -0.15) is 0 Å². The number of benzene rings is 1. The maximum Gasteiger partial charge on any atom is 0.319 e. The van der Waals surface area contributed by atoms with E-state index in [0.717, 1.165) is 10.0 Å². The van der Waals surface area contributed by atoms with Crippen LogP contribution >= 0.6 is 27.5 Å². The molecule has 0 spiro atoms. The summed E-state index contributed by atoms with van der Waals surface area (Å²) in [5.41, 5.74) is 1.62. The van der Waals surface area contributed by atoms with E-state index in [1.54, 1.807) is 13.2 Å². The number of carbonyl (C=O) groups is 1. The molecule has 0 saturated carbocycles. The lowest BCUT2D eigenvalue weighted by Gasteiger charge is -2.10. The second-order valence-corrected chi connectivity index (χ2v) is 4.72. The number of halogens is 2. The van der Waals surface area contributed by atoms with Crippen molar-refractivity contribution >= 4 is 39.2 Å². The van der Waals surface area contributed by atoms with E-state index >= 15 is 0 Å². The first-order valence-corrected chi connectivity index (χ1v) is 6.21. The minimum atomic E-state index is -0.275. The van der Waals surface area contributed by atoms with Crippen LogP contribution in [-0.4, -0.2) is 26.3 Å². The summed E-state index contributed by atoms with van der Waals surface area (Å²) in [5, 5.41) is 5.95. The molecule has 0 aliphatic heterocycles. The van der Waals surface area contributed by atoms with Gasteiger partial charge in [-0.3, -0.25) is 0 Å². The fourth-order valence-electron chi connectivity index (χ4n) is 1.21. The Hall–Kier alpha value is -0.780. The zero-order chi connectivity index (χ0) is 12.8. The summed E-state index contributed by atoms with van der Waals surface area (Å²) in [5.74, 6) is 0. The van der Waals surface area contributed by atoms with Crippen LogP contribution in [0.2, 0.25) is 5.02 Å². The predicted octanol–water partition coefficient (Wildman–Crippen LogP) is 3.18. The number of amides is 2. The zero-order valence-electron chi connectivity index (χ0n) is 9.64. The second-order valence-electron chi connectivity index (χ2n) is 3.45. The number of methoxy groups -OCH3 is 1. The van der Waals surface area contributed by atoms with Crippen LogP contribution in [0.3, 0.4) is 0 Å². The van der Waals surface area contributed by atoms with Crippen LogP contribution in [0.4, 0.5) is 10.5 Å². The first-order chi connectivity index (χ1) is 8.04. The number of carbonyl (C=O) groups excluding carboxylic acids is 1. The van der Waals surface area contributed by atoms with Crippen molar-refractivity contribution in [2.75, 3.05) is 25.6 Å². The highest BCUT2D eigenvalue weighted by atomic mass is 79.9. The summed E-state index contributed by atoms with van der Waals surface area (Å²) < 4.78 is 5.64. The molecule has 94 valence electrons. The Morgan fingerprint density at radius 1 is 1.53 bits per heavy atom. The summed E-state index contributed by atoms with van der Waals surface area (Å²) in [4.78, 5) is 11.5. The van der Waals surface area contributed by atoms with Crippen molar-refractivity contribution in [2.24, 2.45) is 0 Å². The van der Waals surface area contributed by atoms with Crippen LogP contribution in [0.25, 0.3) is 0 Å². The van der Waals surface area contributed by atoms with Gasteiger partial charge < -0.3 is 15.4 Å². The molecule has 2 N–H and O–H groups in total. The molecule has 0 bridgehead atoms. The van der Waals surface area contributed by atoms with E-state index in [9.17, 15) is 4.79 Å². The van der Waals surface area contributed by atoms with Gasteiger partial charge in [0.05, 0.1) is 11.6 Å². The van der Waals surface area contributed by atoms with Gasteiger partial charge in [-0.15, -0.1) is 0 Å². The first-order valence-electron chi connectivity index (χ1n) is 5.04. The number of anilines is 1. The normalized spacial score (nSPS) is 10.1. The number of hydrogen-bond acceptors (Lipinski definition) is 2. The first kappa shape index (κ1) is 14.3. The third-order valence-electron chi connectivity index (χ3n) is 2.11. The van der Waals surface area contributed by atoms with Crippen LogP contribution in [0, 0.1) is 6.92 Å². The monoisotopic (exact) mass is 320 g/mol. The Bertz CT molecular complexity index is 413. The quantitative estimate of drug-likeness (QED) is 0.837. The molecule has 0 aliphatic rings. The maximum absolute atomic E-state index is 11.5. The van der Waals surface area contributed by atoms with Crippen LogP contribution in [0.15, 0.2) is 16.6 Å². The number of hydrogen-bond donors (Lipinski definition) is 2. The van der Waals surface area contributed by atoms with E-state index in [1.165, 1.54) is 0 Å². The fourth-order valence-corrected chi connectivity index (χ4v) is 1.84. The highest BCUT2D eigenvalue weighted by Gasteiger charge is 2.07. The van der Waals surface area contributed by atoms with Crippen molar-refractivity contribution < 1.29 is 9.53 Å². The smallest absolute Gasteiger partial charge is 0.319 e. The van der Waals surface area contributed by atoms with Crippen molar-refractivity contribution in [3.63, 3.8) is 0 Å². The molecule has 1 rings (SSSR count). The van der Waals surface area contributed by atoms with Gasteiger partial charge in [0.1, 0.15) is 0 Å². The number of aryl methyl sites for hydroxylation is 1.